The molecule has 1 saturated heterocycles. The van der Waals surface area contributed by atoms with Gasteiger partial charge in [0.25, 0.3) is 0 Å². The van der Waals surface area contributed by atoms with E-state index in [-0.39, 0.29) is 6.10 Å². The molecule has 4 heteroatoms. The lowest BCUT2D eigenvalue weighted by molar-refractivity contribution is 0.0821. The minimum absolute atomic E-state index is 0.0679. The number of aliphatic hydroxyl groups excluding tert-OH is 1. The van der Waals surface area contributed by atoms with E-state index >= 15 is 0 Å². The Morgan fingerprint density at radius 1 is 1.33 bits per heavy atom. The van der Waals surface area contributed by atoms with Crippen molar-refractivity contribution in [1.29, 1.82) is 0 Å². The van der Waals surface area contributed by atoms with Crippen LogP contribution in [-0.4, -0.2) is 42.3 Å². The molecule has 0 spiro atoms. The predicted octanol–water partition coefficient (Wildman–Crippen LogP) is 2.34. The molecule has 2 N–H and O–H groups in total. The number of likely N-dealkylation sites (tertiary alicyclic amines) is 1. The van der Waals surface area contributed by atoms with Crippen LogP contribution in [0.5, 0.6) is 0 Å². The number of nitrogens with one attached hydrogen (secondary N) is 1. The van der Waals surface area contributed by atoms with E-state index in [1.54, 1.807) is 0 Å². The summed E-state index contributed by atoms with van der Waals surface area (Å²) >= 11 is 0. The first-order valence-electron chi connectivity index (χ1n) is 8.42. The minimum Gasteiger partial charge on any atom is -0.464 e. The van der Waals surface area contributed by atoms with Crippen molar-refractivity contribution >= 4 is 0 Å². The van der Waals surface area contributed by atoms with Crippen molar-refractivity contribution in [2.24, 2.45) is 5.92 Å². The lowest BCUT2D eigenvalue weighted by atomic mass is 10.1. The van der Waals surface area contributed by atoms with Gasteiger partial charge in [0.2, 0.25) is 0 Å². The quantitative estimate of drug-likeness (QED) is 0.757. The lowest BCUT2D eigenvalue weighted by Crippen LogP contribution is -2.37. The monoisotopic (exact) mass is 292 g/mol. The first-order chi connectivity index (χ1) is 10.2. The summed E-state index contributed by atoms with van der Waals surface area (Å²) in [6, 6.07) is 4.25. The molecule has 118 valence electrons. The molecular weight excluding hydrogens is 264 g/mol. The normalized spacial score (nSPS) is 27.1. The summed E-state index contributed by atoms with van der Waals surface area (Å²) < 4.78 is 5.89. The molecular formula is C17H28N2O2. The number of hydrogen-bond donors (Lipinski definition) is 2. The fourth-order valence-corrected chi connectivity index (χ4v) is 3.19. The Hall–Kier alpha value is -0.840. The van der Waals surface area contributed by atoms with Crippen molar-refractivity contribution in [3.63, 3.8) is 0 Å². The van der Waals surface area contributed by atoms with Crippen LogP contribution in [0.1, 0.15) is 50.0 Å². The summed E-state index contributed by atoms with van der Waals surface area (Å²) in [7, 11) is 0. The summed E-state index contributed by atoms with van der Waals surface area (Å²) in [4.78, 5) is 2.45. The highest BCUT2D eigenvalue weighted by Crippen LogP contribution is 2.47. The molecule has 0 radical (unpaired) electrons. The standard InChI is InChI=1S/C17H28N2O2/c1-13-11-16(13)17-4-3-15(21-17)12-18-7-2-8-19-9-5-14(20)6-10-19/h3-4,13-14,16,18,20H,2,5-12H2,1H3. The van der Waals surface area contributed by atoms with Crippen molar-refractivity contribution in [2.45, 2.75) is 51.2 Å². The van der Waals surface area contributed by atoms with Crippen LogP contribution < -0.4 is 5.32 Å². The van der Waals surface area contributed by atoms with Crippen molar-refractivity contribution in [2.75, 3.05) is 26.2 Å². The summed E-state index contributed by atoms with van der Waals surface area (Å²) in [5.74, 6) is 3.71. The predicted molar refractivity (Wildman–Crippen MR) is 83.2 cm³/mol. The van der Waals surface area contributed by atoms with E-state index in [0.717, 1.165) is 63.7 Å². The molecule has 0 aromatic carbocycles. The maximum absolute atomic E-state index is 9.47. The molecule has 1 aromatic rings. The van der Waals surface area contributed by atoms with Gasteiger partial charge in [-0.2, -0.15) is 0 Å². The van der Waals surface area contributed by atoms with Gasteiger partial charge in [0.15, 0.2) is 0 Å². The molecule has 0 amide bonds. The van der Waals surface area contributed by atoms with Crippen molar-refractivity contribution in [1.82, 2.24) is 10.2 Å². The molecule has 0 bridgehead atoms. The van der Waals surface area contributed by atoms with Gasteiger partial charge in [-0.1, -0.05) is 6.92 Å². The summed E-state index contributed by atoms with van der Waals surface area (Å²) in [5.41, 5.74) is 0. The Balaban J connectivity index is 1.27. The van der Waals surface area contributed by atoms with Gasteiger partial charge in [-0.25, -0.2) is 0 Å². The van der Waals surface area contributed by atoms with Gasteiger partial charge in [-0.05, 0) is 56.8 Å². The van der Waals surface area contributed by atoms with E-state index in [1.807, 2.05) is 0 Å². The Morgan fingerprint density at radius 2 is 2.10 bits per heavy atom. The van der Waals surface area contributed by atoms with Gasteiger partial charge in [0, 0.05) is 19.0 Å². The number of furan rings is 1. The lowest BCUT2D eigenvalue weighted by Gasteiger charge is -2.29. The van der Waals surface area contributed by atoms with Gasteiger partial charge < -0.3 is 19.7 Å². The van der Waals surface area contributed by atoms with E-state index in [1.165, 1.54) is 12.2 Å². The maximum atomic E-state index is 9.47. The number of aliphatic hydroxyl groups is 1. The average Bonchev–Trinajstić information content (AvgIpc) is 3.03. The van der Waals surface area contributed by atoms with Crippen LogP contribution >= 0.6 is 0 Å². The first-order valence-corrected chi connectivity index (χ1v) is 8.42. The van der Waals surface area contributed by atoms with Crippen LogP contribution in [0.2, 0.25) is 0 Å². The third-order valence-electron chi connectivity index (χ3n) is 4.84. The molecule has 1 aliphatic carbocycles. The van der Waals surface area contributed by atoms with E-state index in [9.17, 15) is 5.11 Å². The van der Waals surface area contributed by atoms with E-state index < -0.39 is 0 Å². The van der Waals surface area contributed by atoms with Crippen molar-refractivity contribution < 1.29 is 9.52 Å². The molecule has 2 aliphatic rings. The highest BCUT2D eigenvalue weighted by atomic mass is 16.3. The van der Waals surface area contributed by atoms with E-state index in [0.29, 0.717) is 5.92 Å². The highest BCUT2D eigenvalue weighted by Gasteiger charge is 2.36. The van der Waals surface area contributed by atoms with Crippen molar-refractivity contribution in [3.8, 4) is 0 Å². The van der Waals surface area contributed by atoms with Crippen LogP contribution in [0.15, 0.2) is 16.5 Å². The SMILES string of the molecule is CC1CC1c1ccc(CNCCCN2CCC(O)CC2)o1. The number of hydrogen-bond acceptors (Lipinski definition) is 4. The van der Waals surface area contributed by atoms with Gasteiger partial charge in [-0.3, -0.25) is 0 Å². The smallest absolute Gasteiger partial charge is 0.117 e. The fraction of sp³-hybridized carbons (Fsp3) is 0.765. The zero-order valence-electron chi connectivity index (χ0n) is 13.1. The maximum Gasteiger partial charge on any atom is 0.117 e. The minimum atomic E-state index is -0.0679. The number of rotatable bonds is 7. The summed E-state index contributed by atoms with van der Waals surface area (Å²) in [6.07, 6.45) is 4.24. The zero-order valence-corrected chi connectivity index (χ0v) is 13.1. The summed E-state index contributed by atoms with van der Waals surface area (Å²) in [6.45, 7) is 7.35. The largest absolute Gasteiger partial charge is 0.464 e. The third-order valence-corrected chi connectivity index (χ3v) is 4.84. The van der Waals surface area contributed by atoms with E-state index in [4.69, 9.17) is 4.42 Å². The Kier molecular flexibility index (Phi) is 4.99. The second-order valence-electron chi connectivity index (χ2n) is 6.73. The summed E-state index contributed by atoms with van der Waals surface area (Å²) in [5, 5.41) is 12.9. The molecule has 2 fully saturated rings. The van der Waals surface area contributed by atoms with Crippen molar-refractivity contribution in [3.05, 3.63) is 23.7 Å². The van der Waals surface area contributed by atoms with Crippen LogP contribution in [-0.2, 0) is 6.54 Å². The first kappa shape index (κ1) is 15.1. The Labute approximate surface area is 127 Å². The zero-order chi connectivity index (χ0) is 14.7. The average molecular weight is 292 g/mol. The molecule has 3 rings (SSSR count). The fourth-order valence-electron chi connectivity index (χ4n) is 3.19. The molecule has 1 aliphatic heterocycles. The Morgan fingerprint density at radius 3 is 2.81 bits per heavy atom. The van der Waals surface area contributed by atoms with Crippen LogP contribution in [0.3, 0.4) is 0 Å². The number of piperidine rings is 1. The van der Waals surface area contributed by atoms with Crippen LogP contribution in [0.4, 0.5) is 0 Å². The van der Waals surface area contributed by atoms with E-state index in [2.05, 4.69) is 29.3 Å². The Bertz CT molecular complexity index is 438. The molecule has 21 heavy (non-hydrogen) atoms. The highest BCUT2D eigenvalue weighted by molar-refractivity contribution is 5.17. The molecule has 1 aromatic heterocycles. The van der Waals surface area contributed by atoms with Crippen LogP contribution in [0, 0.1) is 5.92 Å². The van der Waals surface area contributed by atoms with Gasteiger partial charge >= 0.3 is 0 Å². The second kappa shape index (κ2) is 6.95. The molecule has 2 atom stereocenters. The third kappa shape index (κ3) is 4.31. The molecule has 2 heterocycles. The second-order valence-corrected chi connectivity index (χ2v) is 6.73. The number of nitrogens with zero attached hydrogens (tertiary/aromatic N) is 1. The van der Waals surface area contributed by atoms with Gasteiger partial charge in [-0.15, -0.1) is 0 Å². The molecule has 4 nitrogen and oxygen atoms in total. The van der Waals surface area contributed by atoms with Crippen LogP contribution in [0.25, 0.3) is 0 Å². The topological polar surface area (TPSA) is 48.6 Å². The molecule has 1 saturated carbocycles. The molecule has 2 unspecified atom stereocenters. The van der Waals surface area contributed by atoms with Gasteiger partial charge in [0.05, 0.1) is 12.6 Å². The van der Waals surface area contributed by atoms with Gasteiger partial charge in [0.1, 0.15) is 11.5 Å².